The number of pyridine rings is 1. The van der Waals surface area contributed by atoms with Crippen molar-refractivity contribution in [2.24, 2.45) is 0 Å². The number of aromatic nitrogens is 1. The Hall–Kier alpha value is -2.64. The highest BCUT2D eigenvalue weighted by molar-refractivity contribution is 6.18. The molecular formula is C19H13F6NO. The van der Waals surface area contributed by atoms with Crippen LogP contribution in [-0.4, -0.2) is 16.9 Å². The fourth-order valence-electron chi connectivity index (χ4n) is 2.94. The molecule has 1 heterocycles. The lowest BCUT2D eigenvalue weighted by molar-refractivity contribution is -0.136. The molecule has 0 aliphatic heterocycles. The van der Waals surface area contributed by atoms with Crippen molar-refractivity contribution in [1.29, 1.82) is 0 Å². The maximum Gasteiger partial charge on any atom is 0.454 e. The molecule has 0 fully saturated rings. The van der Waals surface area contributed by atoms with Crippen LogP contribution >= 0.6 is 0 Å². The predicted octanol–water partition coefficient (Wildman–Crippen LogP) is 6.28. The number of nitrogens with zero attached hydrogens (tertiary/aromatic N) is 1. The van der Waals surface area contributed by atoms with Crippen LogP contribution in [0.25, 0.3) is 21.7 Å². The smallest absolute Gasteiger partial charge is 0.284 e. The minimum absolute atomic E-state index is 0.0654. The van der Waals surface area contributed by atoms with Crippen molar-refractivity contribution in [3.05, 3.63) is 53.2 Å². The van der Waals surface area contributed by atoms with Gasteiger partial charge in [0.1, 0.15) is 0 Å². The summed E-state index contributed by atoms with van der Waals surface area (Å²) in [6.07, 6.45) is -10.0. The highest BCUT2D eigenvalue weighted by Crippen LogP contribution is 2.40. The van der Waals surface area contributed by atoms with Crippen molar-refractivity contribution in [1.82, 2.24) is 4.98 Å². The van der Waals surface area contributed by atoms with E-state index in [1.165, 1.54) is 24.3 Å². The van der Waals surface area contributed by atoms with E-state index in [1.807, 2.05) is 0 Å². The van der Waals surface area contributed by atoms with E-state index in [-0.39, 0.29) is 27.9 Å². The van der Waals surface area contributed by atoms with Gasteiger partial charge in [0.15, 0.2) is 0 Å². The number of Topliss-reactive ketones (excluding diaryl/α,β-unsaturated/α-hetero) is 1. The number of hydrogen-bond acceptors (Lipinski definition) is 2. The zero-order chi connectivity index (χ0) is 20.1. The zero-order valence-electron chi connectivity index (χ0n) is 14.2. The predicted molar refractivity (Wildman–Crippen MR) is 88.7 cm³/mol. The Morgan fingerprint density at radius 1 is 0.926 bits per heavy atom. The van der Waals surface area contributed by atoms with Gasteiger partial charge in [0.05, 0.1) is 11.1 Å². The number of alkyl halides is 6. The molecule has 0 spiro atoms. The van der Waals surface area contributed by atoms with Crippen LogP contribution in [0.15, 0.2) is 36.4 Å². The summed E-state index contributed by atoms with van der Waals surface area (Å²) >= 11 is 0. The van der Waals surface area contributed by atoms with Crippen molar-refractivity contribution in [3.63, 3.8) is 0 Å². The minimum Gasteiger partial charge on any atom is -0.284 e. The van der Waals surface area contributed by atoms with E-state index in [1.54, 1.807) is 13.8 Å². The second-order valence-corrected chi connectivity index (χ2v) is 6.44. The average molecular weight is 385 g/mol. The summed E-state index contributed by atoms with van der Waals surface area (Å²) in [7, 11) is 0. The summed E-state index contributed by atoms with van der Waals surface area (Å²) in [5.74, 6) is -2.52. The lowest BCUT2D eigenvalue weighted by Crippen LogP contribution is -2.23. The summed E-state index contributed by atoms with van der Waals surface area (Å²) < 4.78 is 79.7. The third-order valence-electron chi connectivity index (χ3n) is 4.24. The van der Waals surface area contributed by atoms with Gasteiger partial charge in [0.2, 0.25) is 0 Å². The molecule has 0 amide bonds. The lowest BCUT2D eigenvalue weighted by Gasteiger charge is -2.17. The third-order valence-corrected chi connectivity index (χ3v) is 4.24. The number of halogens is 6. The molecule has 0 unspecified atom stereocenters. The molecule has 27 heavy (non-hydrogen) atoms. The zero-order valence-corrected chi connectivity index (χ0v) is 14.2. The van der Waals surface area contributed by atoms with E-state index < -0.39 is 34.6 Å². The van der Waals surface area contributed by atoms with Crippen LogP contribution in [0.1, 0.15) is 41.4 Å². The molecule has 0 saturated heterocycles. The van der Waals surface area contributed by atoms with E-state index in [4.69, 9.17) is 0 Å². The van der Waals surface area contributed by atoms with E-state index in [2.05, 4.69) is 4.98 Å². The standard InChI is InChI=1S/C19H13F6NO/c1-9(2)15-8-14(18(20,21)22)13-7-12(17(27)19(23,24)25)10-5-3-4-6-11(10)16(13)26-15/h3-9H,1-2H3. The summed E-state index contributed by atoms with van der Waals surface area (Å²) in [4.78, 5) is 16.1. The molecule has 0 N–H and O–H groups in total. The van der Waals surface area contributed by atoms with E-state index in [9.17, 15) is 31.1 Å². The van der Waals surface area contributed by atoms with Crippen molar-refractivity contribution < 1.29 is 31.1 Å². The monoisotopic (exact) mass is 385 g/mol. The van der Waals surface area contributed by atoms with Crippen LogP contribution in [0.2, 0.25) is 0 Å². The van der Waals surface area contributed by atoms with E-state index in [0.29, 0.717) is 6.07 Å². The van der Waals surface area contributed by atoms with Crippen LogP contribution in [0, 0.1) is 0 Å². The normalized spacial score (nSPS) is 12.9. The van der Waals surface area contributed by atoms with Gasteiger partial charge in [-0.2, -0.15) is 26.3 Å². The summed E-state index contributed by atoms with van der Waals surface area (Å²) in [5.41, 5.74) is -1.86. The quantitative estimate of drug-likeness (QED) is 0.295. The SMILES string of the molecule is CC(C)c1cc(C(F)(F)F)c2cc(C(=O)C(F)(F)F)c3ccccc3c2n1. The van der Waals surface area contributed by atoms with Crippen LogP contribution in [-0.2, 0) is 6.18 Å². The van der Waals surface area contributed by atoms with Gasteiger partial charge >= 0.3 is 12.4 Å². The van der Waals surface area contributed by atoms with Crippen LogP contribution in [0.4, 0.5) is 26.3 Å². The highest BCUT2D eigenvalue weighted by atomic mass is 19.4. The first kappa shape index (κ1) is 19.1. The Morgan fingerprint density at radius 3 is 2.04 bits per heavy atom. The maximum atomic E-state index is 13.6. The molecule has 8 heteroatoms. The van der Waals surface area contributed by atoms with Gasteiger partial charge in [-0.05, 0) is 23.4 Å². The molecule has 0 atom stereocenters. The second kappa shape index (κ2) is 6.21. The van der Waals surface area contributed by atoms with Gasteiger partial charge in [-0.15, -0.1) is 0 Å². The molecule has 0 aliphatic carbocycles. The van der Waals surface area contributed by atoms with E-state index >= 15 is 0 Å². The Kier molecular flexibility index (Phi) is 4.40. The van der Waals surface area contributed by atoms with Gasteiger partial charge in [0.25, 0.3) is 5.78 Å². The van der Waals surface area contributed by atoms with Gasteiger partial charge < -0.3 is 0 Å². The Balaban J connectivity index is 2.54. The first-order chi connectivity index (χ1) is 12.4. The average Bonchev–Trinajstić information content (AvgIpc) is 2.57. The molecular weight excluding hydrogens is 372 g/mol. The molecule has 2 aromatic carbocycles. The first-order valence-corrected chi connectivity index (χ1v) is 7.96. The van der Waals surface area contributed by atoms with Crippen LogP contribution in [0.3, 0.4) is 0 Å². The fraction of sp³-hybridized carbons (Fsp3) is 0.263. The summed E-state index contributed by atoms with van der Waals surface area (Å²) in [6.45, 7) is 3.33. The molecule has 0 saturated carbocycles. The Labute approximate surface area is 149 Å². The molecule has 142 valence electrons. The number of benzene rings is 2. The molecule has 3 aromatic rings. The molecule has 0 radical (unpaired) electrons. The highest BCUT2D eigenvalue weighted by Gasteiger charge is 2.41. The van der Waals surface area contributed by atoms with Crippen molar-refractivity contribution in [3.8, 4) is 0 Å². The van der Waals surface area contributed by atoms with Crippen LogP contribution in [0.5, 0.6) is 0 Å². The van der Waals surface area contributed by atoms with Gasteiger partial charge in [0, 0.05) is 22.0 Å². The molecule has 0 aliphatic rings. The Bertz CT molecular complexity index is 1050. The number of carbonyl (C=O) groups excluding carboxylic acids is 1. The number of rotatable bonds is 2. The first-order valence-electron chi connectivity index (χ1n) is 7.96. The molecule has 2 nitrogen and oxygen atoms in total. The topological polar surface area (TPSA) is 30.0 Å². The van der Waals surface area contributed by atoms with Crippen molar-refractivity contribution in [2.75, 3.05) is 0 Å². The lowest BCUT2D eigenvalue weighted by atomic mass is 9.94. The molecule has 1 aromatic heterocycles. The van der Waals surface area contributed by atoms with E-state index in [0.717, 1.165) is 6.07 Å². The van der Waals surface area contributed by atoms with Crippen molar-refractivity contribution in [2.45, 2.75) is 32.1 Å². The maximum absolute atomic E-state index is 13.6. The summed E-state index contributed by atoms with van der Waals surface area (Å²) in [6, 6.07) is 6.99. The largest absolute Gasteiger partial charge is 0.454 e. The van der Waals surface area contributed by atoms with Gasteiger partial charge in [-0.25, -0.2) is 0 Å². The molecule has 3 rings (SSSR count). The number of fused-ring (bicyclic) bond motifs is 3. The fourth-order valence-corrected chi connectivity index (χ4v) is 2.94. The second-order valence-electron chi connectivity index (χ2n) is 6.44. The minimum atomic E-state index is -5.21. The third kappa shape index (κ3) is 3.36. The molecule has 0 bridgehead atoms. The van der Waals surface area contributed by atoms with Crippen molar-refractivity contribution >= 4 is 27.5 Å². The Morgan fingerprint density at radius 2 is 1.52 bits per heavy atom. The number of hydrogen-bond donors (Lipinski definition) is 0. The summed E-state index contributed by atoms with van der Waals surface area (Å²) in [5, 5.41) is -0.553. The van der Waals surface area contributed by atoms with Gasteiger partial charge in [-0.3, -0.25) is 9.78 Å². The van der Waals surface area contributed by atoms with Gasteiger partial charge in [-0.1, -0.05) is 38.1 Å². The number of carbonyl (C=O) groups is 1. The van der Waals surface area contributed by atoms with Crippen LogP contribution < -0.4 is 0 Å². The number of ketones is 1.